The second kappa shape index (κ2) is 8.46. The minimum Gasteiger partial charge on any atom is -0.325 e. The Hall–Kier alpha value is -1.39. The van der Waals surface area contributed by atoms with Gasteiger partial charge in [-0.25, -0.2) is 0 Å². The van der Waals surface area contributed by atoms with Crippen LogP contribution in [0, 0.1) is 0 Å². The fourth-order valence-electron chi connectivity index (χ4n) is 3.24. The summed E-state index contributed by atoms with van der Waals surface area (Å²) in [5, 5.41) is 3.05. The number of aryl methyl sites for hydroxylation is 1. The molecule has 1 aromatic carbocycles. The summed E-state index contributed by atoms with van der Waals surface area (Å²) in [6.07, 6.45) is 4.53. The van der Waals surface area contributed by atoms with E-state index in [-0.39, 0.29) is 11.9 Å². The van der Waals surface area contributed by atoms with Gasteiger partial charge in [-0.2, -0.15) is 0 Å². The smallest absolute Gasteiger partial charge is 0.241 e. The molecule has 0 radical (unpaired) electrons. The van der Waals surface area contributed by atoms with Gasteiger partial charge in [-0.1, -0.05) is 19.1 Å². The number of amides is 1. The van der Waals surface area contributed by atoms with Crippen LogP contribution in [0.2, 0.25) is 0 Å². The largest absolute Gasteiger partial charge is 0.325 e. The minimum absolute atomic E-state index is 0.0817. The van der Waals surface area contributed by atoms with Gasteiger partial charge in [-0.05, 0) is 70.9 Å². The van der Waals surface area contributed by atoms with E-state index in [0.29, 0.717) is 6.04 Å². The summed E-state index contributed by atoms with van der Waals surface area (Å²) in [5.41, 5.74) is 2.18. The zero-order valence-electron chi connectivity index (χ0n) is 15.0. The number of nitrogens with zero attached hydrogens (tertiary/aromatic N) is 2. The van der Waals surface area contributed by atoms with Crippen molar-refractivity contribution in [3.05, 3.63) is 29.8 Å². The highest BCUT2D eigenvalue weighted by atomic mass is 16.2. The molecule has 0 bridgehead atoms. The zero-order chi connectivity index (χ0) is 16.8. The van der Waals surface area contributed by atoms with E-state index in [9.17, 15) is 4.79 Å². The third-order valence-electron chi connectivity index (χ3n) is 5.02. The number of carbonyl (C=O) groups excluding carboxylic acids is 1. The third kappa shape index (κ3) is 5.05. The number of carbonyl (C=O) groups is 1. The second-order valence-electron chi connectivity index (χ2n) is 6.80. The summed E-state index contributed by atoms with van der Waals surface area (Å²) in [6.45, 7) is 6.15. The quantitative estimate of drug-likeness (QED) is 0.907. The molecule has 2 atom stereocenters. The van der Waals surface area contributed by atoms with Crippen LogP contribution in [0.4, 0.5) is 5.69 Å². The summed E-state index contributed by atoms with van der Waals surface area (Å²) in [5.74, 6) is 0.0950. The molecule has 1 aliphatic heterocycles. The van der Waals surface area contributed by atoms with Crippen molar-refractivity contribution >= 4 is 11.6 Å². The first-order valence-corrected chi connectivity index (χ1v) is 8.81. The van der Waals surface area contributed by atoms with Gasteiger partial charge in [0.05, 0.1) is 6.04 Å². The Morgan fingerprint density at radius 3 is 2.57 bits per heavy atom. The second-order valence-corrected chi connectivity index (χ2v) is 6.80. The van der Waals surface area contributed by atoms with Gasteiger partial charge < -0.3 is 10.2 Å². The Kier molecular flexibility index (Phi) is 6.60. The molecule has 4 nitrogen and oxygen atoms in total. The Labute approximate surface area is 140 Å². The molecule has 1 aliphatic rings. The molecule has 1 heterocycles. The van der Waals surface area contributed by atoms with Gasteiger partial charge in [0.15, 0.2) is 0 Å². The maximum absolute atomic E-state index is 12.5. The molecule has 4 heteroatoms. The third-order valence-corrected chi connectivity index (χ3v) is 5.02. The lowest BCUT2D eigenvalue weighted by atomic mass is 10.1. The Morgan fingerprint density at radius 1 is 1.26 bits per heavy atom. The summed E-state index contributed by atoms with van der Waals surface area (Å²) in [6, 6.07) is 8.70. The Bertz CT molecular complexity index is 498. The van der Waals surface area contributed by atoms with Gasteiger partial charge in [-0.15, -0.1) is 0 Å². The Balaban J connectivity index is 1.90. The van der Waals surface area contributed by atoms with E-state index in [4.69, 9.17) is 0 Å². The molecule has 0 spiro atoms. The van der Waals surface area contributed by atoms with Crippen molar-refractivity contribution in [1.29, 1.82) is 0 Å². The van der Waals surface area contributed by atoms with Gasteiger partial charge in [-0.3, -0.25) is 9.69 Å². The summed E-state index contributed by atoms with van der Waals surface area (Å²) in [4.78, 5) is 17.2. The topological polar surface area (TPSA) is 35.6 Å². The van der Waals surface area contributed by atoms with Gasteiger partial charge in [0.2, 0.25) is 5.91 Å². The SMILES string of the molecule is CCc1ccc(NC(=O)C(C)N2CCCC(N(C)C)CC2)cc1. The molecule has 1 amide bonds. The first-order chi connectivity index (χ1) is 11.0. The van der Waals surface area contributed by atoms with Crippen molar-refractivity contribution in [3.63, 3.8) is 0 Å². The average Bonchev–Trinajstić information content (AvgIpc) is 2.81. The molecule has 1 aromatic rings. The van der Waals surface area contributed by atoms with Crippen LogP contribution in [0.15, 0.2) is 24.3 Å². The molecule has 0 aliphatic carbocycles. The number of hydrogen-bond acceptors (Lipinski definition) is 3. The van der Waals surface area contributed by atoms with Crippen molar-refractivity contribution in [2.75, 3.05) is 32.5 Å². The molecule has 128 valence electrons. The van der Waals surface area contributed by atoms with Crippen molar-refractivity contribution in [1.82, 2.24) is 9.80 Å². The zero-order valence-corrected chi connectivity index (χ0v) is 15.0. The van der Waals surface area contributed by atoms with E-state index in [1.165, 1.54) is 12.0 Å². The van der Waals surface area contributed by atoms with Crippen LogP contribution in [0.3, 0.4) is 0 Å². The van der Waals surface area contributed by atoms with Gasteiger partial charge >= 0.3 is 0 Å². The highest BCUT2D eigenvalue weighted by Gasteiger charge is 2.25. The number of rotatable bonds is 5. The highest BCUT2D eigenvalue weighted by Crippen LogP contribution is 2.18. The van der Waals surface area contributed by atoms with Crippen molar-refractivity contribution in [2.45, 2.75) is 51.6 Å². The van der Waals surface area contributed by atoms with E-state index >= 15 is 0 Å². The number of likely N-dealkylation sites (tertiary alicyclic amines) is 1. The van der Waals surface area contributed by atoms with Crippen LogP contribution in [-0.4, -0.2) is 55.0 Å². The molecule has 0 aromatic heterocycles. The van der Waals surface area contributed by atoms with Crippen LogP contribution < -0.4 is 5.32 Å². The molecule has 2 rings (SSSR count). The predicted molar refractivity (Wildman–Crippen MR) is 96.8 cm³/mol. The lowest BCUT2D eigenvalue weighted by Crippen LogP contribution is -2.43. The number of anilines is 1. The first kappa shape index (κ1) is 18.0. The van der Waals surface area contributed by atoms with Crippen LogP contribution in [0.25, 0.3) is 0 Å². The summed E-state index contributed by atoms with van der Waals surface area (Å²) < 4.78 is 0. The molecule has 0 saturated carbocycles. The number of nitrogens with one attached hydrogen (secondary N) is 1. The molecular weight excluding hydrogens is 286 g/mol. The lowest BCUT2D eigenvalue weighted by molar-refractivity contribution is -0.120. The van der Waals surface area contributed by atoms with Crippen molar-refractivity contribution in [3.8, 4) is 0 Å². The maximum Gasteiger partial charge on any atom is 0.241 e. The van der Waals surface area contributed by atoms with E-state index in [2.05, 4.69) is 48.3 Å². The number of hydrogen-bond donors (Lipinski definition) is 1. The predicted octanol–water partition coefficient (Wildman–Crippen LogP) is 2.99. The summed E-state index contributed by atoms with van der Waals surface area (Å²) >= 11 is 0. The van der Waals surface area contributed by atoms with Crippen LogP contribution in [-0.2, 0) is 11.2 Å². The van der Waals surface area contributed by atoms with E-state index in [1.807, 2.05) is 19.1 Å². The van der Waals surface area contributed by atoms with Crippen molar-refractivity contribution < 1.29 is 4.79 Å². The fraction of sp³-hybridized carbons (Fsp3) is 0.632. The van der Waals surface area contributed by atoms with Gasteiger partial charge in [0, 0.05) is 18.3 Å². The monoisotopic (exact) mass is 317 g/mol. The molecular formula is C19H31N3O. The van der Waals surface area contributed by atoms with Crippen LogP contribution >= 0.6 is 0 Å². The molecule has 2 unspecified atom stereocenters. The summed E-state index contributed by atoms with van der Waals surface area (Å²) in [7, 11) is 4.30. The molecule has 1 saturated heterocycles. The van der Waals surface area contributed by atoms with E-state index in [1.54, 1.807) is 0 Å². The molecule has 1 N–H and O–H groups in total. The molecule has 23 heavy (non-hydrogen) atoms. The fourth-order valence-corrected chi connectivity index (χ4v) is 3.24. The molecule has 1 fully saturated rings. The highest BCUT2D eigenvalue weighted by molar-refractivity contribution is 5.94. The normalized spacial score (nSPS) is 21.0. The van der Waals surface area contributed by atoms with Crippen LogP contribution in [0.1, 0.15) is 38.7 Å². The number of benzene rings is 1. The first-order valence-electron chi connectivity index (χ1n) is 8.81. The van der Waals surface area contributed by atoms with E-state index < -0.39 is 0 Å². The van der Waals surface area contributed by atoms with Gasteiger partial charge in [0.1, 0.15) is 0 Å². The Morgan fingerprint density at radius 2 is 1.96 bits per heavy atom. The van der Waals surface area contributed by atoms with Crippen molar-refractivity contribution in [2.24, 2.45) is 0 Å². The lowest BCUT2D eigenvalue weighted by Gasteiger charge is -2.27. The van der Waals surface area contributed by atoms with Crippen LogP contribution in [0.5, 0.6) is 0 Å². The van der Waals surface area contributed by atoms with E-state index in [0.717, 1.165) is 38.0 Å². The van der Waals surface area contributed by atoms with Gasteiger partial charge in [0.25, 0.3) is 0 Å². The average molecular weight is 317 g/mol. The maximum atomic E-state index is 12.5. The standard InChI is InChI=1S/C19H31N3O/c1-5-16-8-10-17(11-9-16)20-19(23)15(2)22-13-6-7-18(12-14-22)21(3)4/h8-11,15,18H,5-7,12-14H2,1-4H3,(H,20,23). The minimum atomic E-state index is -0.0817.